The lowest BCUT2D eigenvalue weighted by Gasteiger charge is -2.39. The fraction of sp³-hybridized carbons (Fsp3) is 0.655. The molecule has 8 heteroatoms. The summed E-state index contributed by atoms with van der Waals surface area (Å²) in [6.45, 7) is 15.3. The Labute approximate surface area is 223 Å². The van der Waals surface area contributed by atoms with E-state index in [0.717, 1.165) is 31.4 Å². The average Bonchev–Trinajstić information content (AvgIpc) is 2.87. The largest absolute Gasteiger partial charge is 0.348 e. The first-order chi connectivity index (χ1) is 17.4. The number of hydrogen-bond acceptors (Lipinski definition) is 5. The Morgan fingerprint density at radius 3 is 2.30 bits per heavy atom. The normalized spacial score (nSPS) is 18.6. The van der Waals surface area contributed by atoms with Crippen LogP contribution in [0.25, 0.3) is 0 Å². The first-order valence-electron chi connectivity index (χ1n) is 13.6. The van der Waals surface area contributed by atoms with E-state index in [1.165, 1.54) is 0 Å². The van der Waals surface area contributed by atoms with Crippen LogP contribution in [0.3, 0.4) is 0 Å². The van der Waals surface area contributed by atoms with E-state index in [1.54, 1.807) is 31.3 Å². The predicted octanol–water partition coefficient (Wildman–Crippen LogP) is 3.53. The van der Waals surface area contributed by atoms with Crippen molar-refractivity contribution in [1.29, 1.82) is 0 Å². The summed E-state index contributed by atoms with van der Waals surface area (Å²) in [5.74, 6) is -0.387. The van der Waals surface area contributed by atoms with E-state index in [1.807, 2.05) is 45.9 Å². The molecular weight excluding hydrogens is 466 g/mol. The van der Waals surface area contributed by atoms with Crippen LogP contribution in [0.5, 0.6) is 0 Å². The topological polar surface area (TPSA) is 94.6 Å². The van der Waals surface area contributed by atoms with Crippen molar-refractivity contribution in [1.82, 2.24) is 25.4 Å². The molecule has 1 saturated heterocycles. The Balaban J connectivity index is 2.13. The summed E-state index contributed by atoms with van der Waals surface area (Å²) in [5, 5.41) is 6.01. The molecule has 3 amide bonds. The number of nitrogens with one attached hydrogen (secondary N) is 2. The number of amides is 3. The minimum atomic E-state index is -0.635. The van der Waals surface area contributed by atoms with E-state index in [-0.39, 0.29) is 47.7 Å². The van der Waals surface area contributed by atoms with Gasteiger partial charge >= 0.3 is 0 Å². The molecule has 0 spiro atoms. The highest BCUT2D eigenvalue weighted by molar-refractivity contribution is 5.93. The molecule has 0 radical (unpaired) electrons. The first kappa shape index (κ1) is 30.5. The molecule has 1 aliphatic rings. The van der Waals surface area contributed by atoms with E-state index in [0.29, 0.717) is 12.1 Å². The summed E-state index contributed by atoms with van der Waals surface area (Å²) >= 11 is 0. The number of likely N-dealkylation sites (tertiary alicyclic amines) is 1. The second kappa shape index (κ2) is 14.3. The number of pyridine rings is 1. The van der Waals surface area contributed by atoms with Crippen LogP contribution < -0.4 is 10.6 Å². The second-order valence-electron chi connectivity index (χ2n) is 11.1. The third-order valence-electron chi connectivity index (χ3n) is 7.20. The van der Waals surface area contributed by atoms with Gasteiger partial charge in [-0.25, -0.2) is 0 Å². The third-order valence-corrected chi connectivity index (χ3v) is 7.20. The molecule has 2 heterocycles. The lowest BCUT2D eigenvalue weighted by Crippen LogP contribution is -2.58. The van der Waals surface area contributed by atoms with Crippen molar-refractivity contribution in [2.24, 2.45) is 11.8 Å². The Morgan fingerprint density at radius 1 is 1.08 bits per heavy atom. The summed E-state index contributed by atoms with van der Waals surface area (Å²) in [5.41, 5.74) is 1.51. The van der Waals surface area contributed by atoms with Gasteiger partial charge in [0.25, 0.3) is 0 Å². The molecule has 1 aromatic heterocycles. The summed E-state index contributed by atoms with van der Waals surface area (Å²) in [4.78, 5) is 47.7. The van der Waals surface area contributed by atoms with Gasteiger partial charge in [-0.15, -0.1) is 0 Å². The van der Waals surface area contributed by atoms with Gasteiger partial charge in [0, 0.05) is 37.6 Å². The molecule has 8 nitrogen and oxygen atoms in total. The van der Waals surface area contributed by atoms with E-state index >= 15 is 0 Å². The predicted molar refractivity (Wildman–Crippen MR) is 147 cm³/mol. The third kappa shape index (κ3) is 8.66. The van der Waals surface area contributed by atoms with Crippen molar-refractivity contribution >= 4 is 17.7 Å². The van der Waals surface area contributed by atoms with Gasteiger partial charge in [-0.3, -0.25) is 24.3 Å². The monoisotopic (exact) mass is 513 g/mol. The lowest BCUT2D eigenvalue weighted by atomic mass is 9.95. The lowest BCUT2D eigenvalue weighted by molar-refractivity contribution is -0.140. The highest BCUT2D eigenvalue weighted by atomic mass is 16.2. The fourth-order valence-electron chi connectivity index (χ4n) is 4.89. The number of carbonyl (C=O) groups excluding carboxylic acids is 3. The molecule has 1 aromatic rings. The SMILES string of the molecule is CC(=C[C@H](C(C)C)N(C)C(=O)[C@@H](NC(=O)C1CCCCN1C(C)C)C(C)C)C(=O)NCc1ccncc1. The highest BCUT2D eigenvalue weighted by Crippen LogP contribution is 2.21. The molecule has 1 fully saturated rings. The molecule has 0 saturated carbocycles. The van der Waals surface area contributed by atoms with Crippen LogP contribution >= 0.6 is 0 Å². The van der Waals surface area contributed by atoms with E-state index < -0.39 is 6.04 Å². The molecule has 1 aliphatic heterocycles. The smallest absolute Gasteiger partial charge is 0.246 e. The molecular formula is C29H47N5O3. The van der Waals surface area contributed by atoms with Crippen molar-refractivity contribution in [3.05, 3.63) is 41.7 Å². The number of aromatic nitrogens is 1. The van der Waals surface area contributed by atoms with E-state index in [4.69, 9.17) is 0 Å². The summed E-state index contributed by atoms with van der Waals surface area (Å²) in [6, 6.07) is 2.85. The maximum Gasteiger partial charge on any atom is 0.246 e. The standard InChI is InChI=1S/C29H47N5O3/c1-19(2)25(17-22(7)27(35)31-18-23-12-14-30-15-13-23)33(8)29(37)26(20(3)4)32-28(36)24-11-9-10-16-34(24)21(5)6/h12-15,17,19-21,24-26H,9-11,16,18H2,1-8H3,(H,31,35)(H,32,36)/t24?,25-,26+/m1/s1. The van der Waals surface area contributed by atoms with Gasteiger partial charge in [0.2, 0.25) is 17.7 Å². The van der Waals surface area contributed by atoms with Gasteiger partial charge in [0.05, 0.1) is 12.1 Å². The average molecular weight is 514 g/mol. The number of hydrogen-bond donors (Lipinski definition) is 2. The molecule has 0 aliphatic carbocycles. The molecule has 206 valence electrons. The summed E-state index contributed by atoms with van der Waals surface area (Å²) < 4.78 is 0. The maximum absolute atomic E-state index is 13.7. The molecule has 3 atom stereocenters. The first-order valence-corrected chi connectivity index (χ1v) is 13.6. The van der Waals surface area contributed by atoms with Crippen molar-refractivity contribution in [2.75, 3.05) is 13.6 Å². The molecule has 37 heavy (non-hydrogen) atoms. The van der Waals surface area contributed by atoms with Crippen LogP contribution in [0.1, 0.15) is 73.3 Å². The number of nitrogens with zero attached hydrogens (tertiary/aromatic N) is 3. The van der Waals surface area contributed by atoms with Gasteiger partial charge in [-0.2, -0.15) is 0 Å². The van der Waals surface area contributed by atoms with E-state index in [2.05, 4.69) is 34.4 Å². The van der Waals surface area contributed by atoms with Crippen LogP contribution in [0, 0.1) is 11.8 Å². The van der Waals surface area contributed by atoms with Gasteiger partial charge in [0.15, 0.2) is 0 Å². The second-order valence-corrected chi connectivity index (χ2v) is 11.1. The molecule has 0 bridgehead atoms. The zero-order chi connectivity index (χ0) is 27.7. The maximum atomic E-state index is 13.7. The Bertz CT molecular complexity index is 929. The number of carbonyl (C=O) groups is 3. The van der Waals surface area contributed by atoms with Crippen molar-refractivity contribution in [3.8, 4) is 0 Å². The Hall–Kier alpha value is -2.74. The van der Waals surface area contributed by atoms with Crippen molar-refractivity contribution in [2.45, 2.75) is 98.4 Å². The van der Waals surface area contributed by atoms with Gasteiger partial charge < -0.3 is 15.5 Å². The van der Waals surface area contributed by atoms with Crippen LogP contribution in [0.2, 0.25) is 0 Å². The minimum Gasteiger partial charge on any atom is -0.348 e. The number of rotatable bonds is 11. The van der Waals surface area contributed by atoms with Crippen LogP contribution in [0.4, 0.5) is 0 Å². The van der Waals surface area contributed by atoms with E-state index in [9.17, 15) is 14.4 Å². The molecule has 0 aromatic carbocycles. The van der Waals surface area contributed by atoms with Crippen molar-refractivity contribution in [3.63, 3.8) is 0 Å². The van der Waals surface area contributed by atoms with Crippen LogP contribution in [-0.2, 0) is 20.9 Å². The minimum absolute atomic E-state index is 0.0721. The van der Waals surface area contributed by atoms with Gasteiger partial charge in [-0.05, 0) is 69.7 Å². The number of likely N-dealkylation sites (N-methyl/N-ethyl adjacent to an activating group) is 1. The number of piperidine rings is 1. The van der Waals surface area contributed by atoms with Crippen LogP contribution in [-0.4, -0.2) is 70.3 Å². The zero-order valence-electron chi connectivity index (χ0n) is 24.0. The zero-order valence-corrected chi connectivity index (χ0v) is 24.0. The molecule has 2 N–H and O–H groups in total. The molecule has 2 rings (SSSR count). The van der Waals surface area contributed by atoms with Gasteiger partial charge in [0.1, 0.15) is 6.04 Å². The highest BCUT2D eigenvalue weighted by Gasteiger charge is 2.36. The Morgan fingerprint density at radius 2 is 1.73 bits per heavy atom. The van der Waals surface area contributed by atoms with Crippen LogP contribution in [0.15, 0.2) is 36.2 Å². The molecule has 1 unspecified atom stereocenters. The fourth-order valence-corrected chi connectivity index (χ4v) is 4.89. The van der Waals surface area contributed by atoms with Crippen molar-refractivity contribution < 1.29 is 14.4 Å². The van der Waals surface area contributed by atoms with Gasteiger partial charge in [-0.1, -0.05) is 40.2 Å². The summed E-state index contributed by atoms with van der Waals surface area (Å²) in [6.07, 6.45) is 8.16. The Kier molecular flexibility index (Phi) is 11.8. The quantitative estimate of drug-likeness (QED) is 0.442. The summed E-state index contributed by atoms with van der Waals surface area (Å²) in [7, 11) is 1.76.